The summed E-state index contributed by atoms with van der Waals surface area (Å²) in [4.78, 5) is 14.8. The Morgan fingerprint density at radius 2 is 1.95 bits per heavy atom. The van der Waals surface area contributed by atoms with Crippen molar-refractivity contribution in [3.63, 3.8) is 0 Å². The molecule has 1 unspecified atom stereocenters. The van der Waals surface area contributed by atoms with Crippen LogP contribution in [0.5, 0.6) is 5.75 Å². The summed E-state index contributed by atoms with van der Waals surface area (Å²) in [6.45, 7) is 3.97. The Bertz CT molecular complexity index is 484. The largest absolute Gasteiger partial charge is 0.490 e. The van der Waals surface area contributed by atoms with Crippen molar-refractivity contribution >= 4 is 11.8 Å². The molecular weight excluding hydrogens is 256 g/mol. The number of piperazine rings is 1. The van der Waals surface area contributed by atoms with Crippen LogP contribution in [0.1, 0.15) is 19.8 Å². The second kappa shape index (κ2) is 5.23. The minimum Gasteiger partial charge on any atom is -0.490 e. The average molecular weight is 276 g/mol. The minimum absolute atomic E-state index is 0.0173. The molecule has 5 nitrogen and oxygen atoms in total. The number of ether oxygens (including phenoxy) is 1. The molecule has 0 radical (unpaired) electrons. The van der Waals surface area contributed by atoms with Gasteiger partial charge in [-0.1, -0.05) is 0 Å². The van der Waals surface area contributed by atoms with Crippen LogP contribution in [0.4, 0.5) is 10.5 Å². The molecule has 2 aliphatic rings. The molecule has 0 spiro atoms. The summed E-state index contributed by atoms with van der Waals surface area (Å²) in [6.07, 6.45) is 1.91. The van der Waals surface area contributed by atoms with Crippen LogP contribution in [0.25, 0.3) is 0 Å². The molecule has 1 N–H and O–H groups in total. The van der Waals surface area contributed by atoms with Crippen molar-refractivity contribution in [3.05, 3.63) is 24.3 Å². The van der Waals surface area contributed by atoms with Crippen LogP contribution in [-0.4, -0.2) is 47.9 Å². The quantitative estimate of drug-likeness (QED) is 0.921. The lowest BCUT2D eigenvalue weighted by atomic mass is 10.1. The van der Waals surface area contributed by atoms with Gasteiger partial charge in [0.05, 0.1) is 6.10 Å². The van der Waals surface area contributed by atoms with E-state index in [9.17, 15) is 4.79 Å². The second-order valence-corrected chi connectivity index (χ2v) is 5.58. The Morgan fingerprint density at radius 1 is 1.25 bits per heavy atom. The van der Waals surface area contributed by atoms with Gasteiger partial charge in [-0.3, -0.25) is 0 Å². The number of carboxylic acid groups (broad SMARTS) is 1. The Balaban J connectivity index is 1.63. The highest BCUT2D eigenvalue weighted by atomic mass is 16.5. The molecule has 2 fully saturated rings. The van der Waals surface area contributed by atoms with Crippen molar-refractivity contribution in [2.45, 2.75) is 31.9 Å². The highest BCUT2D eigenvalue weighted by molar-refractivity contribution is 5.66. The number of nitrogens with zero attached hydrogens (tertiary/aromatic N) is 2. The van der Waals surface area contributed by atoms with Gasteiger partial charge in [0.2, 0.25) is 0 Å². The topological polar surface area (TPSA) is 53.0 Å². The van der Waals surface area contributed by atoms with E-state index in [1.807, 2.05) is 19.1 Å². The summed E-state index contributed by atoms with van der Waals surface area (Å²) in [5.41, 5.74) is 1.13. The van der Waals surface area contributed by atoms with Crippen LogP contribution >= 0.6 is 0 Å². The van der Waals surface area contributed by atoms with E-state index in [0.29, 0.717) is 12.6 Å². The summed E-state index contributed by atoms with van der Waals surface area (Å²) >= 11 is 0. The summed E-state index contributed by atoms with van der Waals surface area (Å²) in [5.74, 6) is 0.925. The number of rotatable bonds is 3. The molecule has 1 aliphatic heterocycles. The minimum atomic E-state index is -0.828. The molecule has 3 rings (SSSR count). The van der Waals surface area contributed by atoms with E-state index in [-0.39, 0.29) is 6.04 Å². The number of hydrogen-bond donors (Lipinski definition) is 1. The average Bonchev–Trinajstić information content (AvgIpc) is 3.23. The molecule has 1 aliphatic carbocycles. The molecular formula is C15H20N2O3. The molecule has 1 amide bonds. The van der Waals surface area contributed by atoms with Gasteiger partial charge in [-0.25, -0.2) is 4.79 Å². The van der Waals surface area contributed by atoms with Crippen molar-refractivity contribution in [2.24, 2.45) is 0 Å². The zero-order valence-electron chi connectivity index (χ0n) is 11.7. The van der Waals surface area contributed by atoms with E-state index < -0.39 is 6.09 Å². The number of anilines is 1. The molecule has 1 heterocycles. The second-order valence-electron chi connectivity index (χ2n) is 5.58. The first-order chi connectivity index (χ1) is 9.63. The van der Waals surface area contributed by atoms with E-state index in [1.54, 1.807) is 0 Å². The van der Waals surface area contributed by atoms with E-state index in [0.717, 1.165) is 37.4 Å². The predicted molar refractivity (Wildman–Crippen MR) is 76.5 cm³/mol. The van der Waals surface area contributed by atoms with Gasteiger partial charge in [-0.2, -0.15) is 0 Å². The van der Waals surface area contributed by atoms with Gasteiger partial charge in [0.1, 0.15) is 5.75 Å². The third kappa shape index (κ3) is 2.81. The third-order valence-electron chi connectivity index (χ3n) is 3.90. The van der Waals surface area contributed by atoms with Crippen LogP contribution in [0.3, 0.4) is 0 Å². The fourth-order valence-corrected chi connectivity index (χ4v) is 2.59. The van der Waals surface area contributed by atoms with E-state index in [2.05, 4.69) is 17.0 Å². The maximum atomic E-state index is 11.1. The molecule has 1 saturated carbocycles. The fourth-order valence-electron chi connectivity index (χ4n) is 2.59. The zero-order chi connectivity index (χ0) is 14.1. The van der Waals surface area contributed by atoms with Gasteiger partial charge in [-0.05, 0) is 44.0 Å². The molecule has 1 saturated heterocycles. The maximum Gasteiger partial charge on any atom is 0.407 e. The van der Waals surface area contributed by atoms with E-state index in [4.69, 9.17) is 9.84 Å². The molecule has 1 aromatic rings. The van der Waals surface area contributed by atoms with Crippen molar-refractivity contribution < 1.29 is 14.6 Å². The molecule has 5 heteroatoms. The summed E-state index contributed by atoms with van der Waals surface area (Å²) in [5, 5.41) is 9.08. The Labute approximate surface area is 118 Å². The third-order valence-corrected chi connectivity index (χ3v) is 3.90. The van der Waals surface area contributed by atoms with Gasteiger partial charge >= 0.3 is 6.09 Å². The predicted octanol–water partition coefficient (Wildman–Crippen LogP) is 2.42. The van der Waals surface area contributed by atoms with Crippen molar-refractivity contribution in [3.8, 4) is 5.75 Å². The lowest BCUT2D eigenvalue weighted by Crippen LogP contribution is -2.53. The lowest BCUT2D eigenvalue weighted by molar-refractivity contribution is 0.122. The van der Waals surface area contributed by atoms with Gasteiger partial charge in [-0.15, -0.1) is 0 Å². The number of hydrogen-bond acceptors (Lipinski definition) is 3. The number of benzene rings is 1. The fraction of sp³-hybridized carbons (Fsp3) is 0.533. The summed E-state index contributed by atoms with van der Waals surface area (Å²) in [7, 11) is 0. The molecule has 0 bridgehead atoms. The molecule has 1 aromatic carbocycles. The molecule has 0 aromatic heterocycles. The highest BCUT2D eigenvalue weighted by Gasteiger charge is 2.27. The first kappa shape index (κ1) is 13.1. The van der Waals surface area contributed by atoms with E-state index in [1.165, 1.54) is 4.90 Å². The van der Waals surface area contributed by atoms with Gasteiger partial charge < -0.3 is 19.6 Å². The maximum absolute atomic E-state index is 11.1. The Morgan fingerprint density at radius 3 is 2.50 bits per heavy atom. The van der Waals surface area contributed by atoms with Gasteiger partial charge in [0.25, 0.3) is 0 Å². The monoisotopic (exact) mass is 276 g/mol. The van der Waals surface area contributed by atoms with Crippen LogP contribution < -0.4 is 9.64 Å². The number of amides is 1. The SMILES string of the molecule is CC1CN(c2ccc(OC3CC3)cc2)CCN1C(=O)O. The zero-order valence-corrected chi connectivity index (χ0v) is 11.7. The standard InChI is InChI=1S/C15H20N2O3/c1-11-10-16(8-9-17(11)15(18)19)12-2-4-13(5-3-12)20-14-6-7-14/h2-5,11,14H,6-10H2,1H3,(H,18,19). The molecule has 20 heavy (non-hydrogen) atoms. The van der Waals surface area contributed by atoms with Crippen molar-refractivity contribution in [1.82, 2.24) is 4.90 Å². The summed E-state index contributed by atoms with van der Waals surface area (Å²) < 4.78 is 5.73. The van der Waals surface area contributed by atoms with Crippen LogP contribution in [0.15, 0.2) is 24.3 Å². The number of carbonyl (C=O) groups is 1. The molecule has 1 atom stereocenters. The first-order valence-electron chi connectivity index (χ1n) is 7.15. The van der Waals surface area contributed by atoms with Crippen LogP contribution in [0.2, 0.25) is 0 Å². The lowest BCUT2D eigenvalue weighted by Gasteiger charge is -2.39. The Kier molecular flexibility index (Phi) is 3.42. The van der Waals surface area contributed by atoms with Gasteiger partial charge in [0.15, 0.2) is 0 Å². The van der Waals surface area contributed by atoms with Crippen LogP contribution in [-0.2, 0) is 0 Å². The Hall–Kier alpha value is -1.91. The summed E-state index contributed by atoms with van der Waals surface area (Å²) in [6, 6.07) is 8.13. The van der Waals surface area contributed by atoms with E-state index >= 15 is 0 Å². The normalized spacial score (nSPS) is 22.8. The van der Waals surface area contributed by atoms with Crippen LogP contribution in [0, 0.1) is 0 Å². The first-order valence-corrected chi connectivity index (χ1v) is 7.15. The van der Waals surface area contributed by atoms with Crippen molar-refractivity contribution in [1.29, 1.82) is 0 Å². The smallest absolute Gasteiger partial charge is 0.407 e. The highest BCUT2D eigenvalue weighted by Crippen LogP contribution is 2.28. The molecule has 108 valence electrons. The van der Waals surface area contributed by atoms with Crippen molar-refractivity contribution in [2.75, 3.05) is 24.5 Å². The van der Waals surface area contributed by atoms with Gasteiger partial charge in [0, 0.05) is 31.4 Å².